The third-order valence-electron chi connectivity index (χ3n) is 5.10. The zero-order valence-electron chi connectivity index (χ0n) is 13.8. The summed E-state index contributed by atoms with van der Waals surface area (Å²) in [4.78, 5) is 5.11. The van der Waals surface area contributed by atoms with E-state index in [2.05, 4.69) is 33.3 Å². The fraction of sp³-hybridized carbons (Fsp3) is 0.667. The molecule has 122 valence electrons. The van der Waals surface area contributed by atoms with Gasteiger partial charge in [0.2, 0.25) is 0 Å². The highest BCUT2D eigenvalue weighted by atomic mass is 16.5. The van der Waals surface area contributed by atoms with E-state index in [0.717, 1.165) is 24.8 Å². The van der Waals surface area contributed by atoms with E-state index in [1.54, 1.807) is 7.11 Å². The van der Waals surface area contributed by atoms with Crippen LogP contribution in [0.3, 0.4) is 0 Å². The van der Waals surface area contributed by atoms with Crippen LogP contribution in [0.4, 0.5) is 5.69 Å². The molecule has 0 aromatic heterocycles. The minimum absolute atomic E-state index is 0.942. The molecule has 2 saturated heterocycles. The minimum atomic E-state index is 0.942. The molecule has 1 aromatic rings. The second kappa shape index (κ2) is 7.84. The van der Waals surface area contributed by atoms with Crippen LogP contribution in [0.1, 0.15) is 19.3 Å². The molecule has 0 unspecified atom stereocenters. The molecule has 2 aliphatic heterocycles. The maximum atomic E-state index is 5.33. The summed E-state index contributed by atoms with van der Waals surface area (Å²) in [7, 11) is 1.73. The van der Waals surface area contributed by atoms with Gasteiger partial charge in [-0.2, -0.15) is 0 Å². The number of piperidine rings is 1. The monoisotopic (exact) mass is 303 g/mol. The number of ether oxygens (including phenoxy) is 1. The summed E-state index contributed by atoms with van der Waals surface area (Å²) >= 11 is 0. The quantitative estimate of drug-likeness (QED) is 0.902. The smallest absolute Gasteiger partial charge is 0.120 e. The summed E-state index contributed by atoms with van der Waals surface area (Å²) in [6.45, 7) is 8.32. The van der Waals surface area contributed by atoms with E-state index >= 15 is 0 Å². The summed E-state index contributed by atoms with van der Waals surface area (Å²) in [5.41, 5.74) is 1.29. The van der Waals surface area contributed by atoms with Gasteiger partial charge in [-0.1, -0.05) is 6.07 Å². The Morgan fingerprint density at radius 3 is 2.64 bits per heavy atom. The Hall–Kier alpha value is -1.26. The van der Waals surface area contributed by atoms with E-state index in [-0.39, 0.29) is 0 Å². The van der Waals surface area contributed by atoms with Gasteiger partial charge >= 0.3 is 0 Å². The molecule has 0 saturated carbocycles. The number of anilines is 1. The molecular weight excluding hydrogens is 274 g/mol. The first-order valence-corrected chi connectivity index (χ1v) is 8.67. The number of benzene rings is 1. The Morgan fingerprint density at radius 2 is 1.91 bits per heavy atom. The summed E-state index contributed by atoms with van der Waals surface area (Å²) in [5, 5.41) is 3.46. The van der Waals surface area contributed by atoms with Gasteiger partial charge in [0.25, 0.3) is 0 Å². The predicted molar refractivity (Wildman–Crippen MR) is 91.9 cm³/mol. The second-order valence-electron chi connectivity index (χ2n) is 6.51. The topological polar surface area (TPSA) is 27.7 Å². The predicted octanol–water partition coefficient (Wildman–Crippen LogP) is 2.21. The summed E-state index contributed by atoms with van der Waals surface area (Å²) in [6, 6.07) is 8.42. The molecule has 0 bridgehead atoms. The zero-order chi connectivity index (χ0) is 15.2. The Bertz CT molecular complexity index is 451. The molecule has 0 atom stereocenters. The molecule has 3 rings (SSSR count). The third-order valence-corrected chi connectivity index (χ3v) is 5.10. The molecule has 1 N–H and O–H groups in total. The highest BCUT2D eigenvalue weighted by Crippen LogP contribution is 2.22. The first-order chi connectivity index (χ1) is 10.8. The van der Waals surface area contributed by atoms with Crippen LogP contribution in [0.25, 0.3) is 0 Å². The van der Waals surface area contributed by atoms with Crippen molar-refractivity contribution >= 4 is 5.69 Å². The number of hydrogen-bond acceptors (Lipinski definition) is 4. The van der Waals surface area contributed by atoms with Gasteiger partial charge in [0.15, 0.2) is 0 Å². The van der Waals surface area contributed by atoms with Crippen molar-refractivity contribution in [1.82, 2.24) is 10.2 Å². The average molecular weight is 303 g/mol. The van der Waals surface area contributed by atoms with Crippen molar-refractivity contribution in [3.05, 3.63) is 24.3 Å². The number of nitrogens with zero attached hydrogens (tertiary/aromatic N) is 2. The van der Waals surface area contributed by atoms with E-state index in [1.165, 1.54) is 57.7 Å². The summed E-state index contributed by atoms with van der Waals surface area (Å²) < 4.78 is 5.33. The fourth-order valence-corrected chi connectivity index (χ4v) is 3.57. The van der Waals surface area contributed by atoms with Crippen LogP contribution in [0.2, 0.25) is 0 Å². The van der Waals surface area contributed by atoms with E-state index in [1.807, 2.05) is 6.07 Å². The van der Waals surface area contributed by atoms with Crippen molar-refractivity contribution in [3.8, 4) is 5.75 Å². The third kappa shape index (κ3) is 4.14. The Morgan fingerprint density at radius 1 is 1.14 bits per heavy atom. The highest BCUT2D eigenvalue weighted by Gasteiger charge is 2.19. The SMILES string of the molecule is COc1cccc(N2CCN(CCC3CCNCC3)CC2)c1. The normalized spacial score (nSPS) is 21.0. The van der Waals surface area contributed by atoms with Gasteiger partial charge in [-0.25, -0.2) is 0 Å². The lowest BCUT2D eigenvalue weighted by molar-refractivity contribution is 0.224. The number of hydrogen-bond donors (Lipinski definition) is 1. The number of piperazine rings is 1. The number of methoxy groups -OCH3 is 1. The van der Waals surface area contributed by atoms with Crippen molar-refractivity contribution in [2.75, 3.05) is 57.8 Å². The van der Waals surface area contributed by atoms with Gasteiger partial charge in [-0.05, 0) is 56.9 Å². The van der Waals surface area contributed by atoms with Crippen LogP contribution in [-0.2, 0) is 0 Å². The molecule has 0 amide bonds. The summed E-state index contributed by atoms with van der Waals surface area (Å²) in [5.74, 6) is 1.89. The van der Waals surface area contributed by atoms with Crippen molar-refractivity contribution in [2.24, 2.45) is 5.92 Å². The van der Waals surface area contributed by atoms with Crippen LogP contribution < -0.4 is 15.0 Å². The van der Waals surface area contributed by atoms with E-state index in [4.69, 9.17) is 4.74 Å². The van der Waals surface area contributed by atoms with Gasteiger partial charge < -0.3 is 15.0 Å². The largest absolute Gasteiger partial charge is 0.497 e. The van der Waals surface area contributed by atoms with E-state index < -0.39 is 0 Å². The first kappa shape index (κ1) is 15.6. The van der Waals surface area contributed by atoms with Crippen LogP contribution in [0.5, 0.6) is 5.75 Å². The minimum Gasteiger partial charge on any atom is -0.497 e. The average Bonchev–Trinajstić information content (AvgIpc) is 2.61. The van der Waals surface area contributed by atoms with Crippen molar-refractivity contribution in [1.29, 1.82) is 0 Å². The van der Waals surface area contributed by atoms with Gasteiger partial charge in [0.05, 0.1) is 7.11 Å². The van der Waals surface area contributed by atoms with Gasteiger partial charge in [0.1, 0.15) is 5.75 Å². The molecule has 0 aliphatic carbocycles. The van der Waals surface area contributed by atoms with Gasteiger partial charge in [0, 0.05) is 37.9 Å². The molecule has 0 spiro atoms. The van der Waals surface area contributed by atoms with Crippen LogP contribution in [0, 0.1) is 5.92 Å². The maximum Gasteiger partial charge on any atom is 0.120 e. The molecule has 22 heavy (non-hydrogen) atoms. The first-order valence-electron chi connectivity index (χ1n) is 8.67. The van der Waals surface area contributed by atoms with Crippen LogP contribution in [-0.4, -0.2) is 57.8 Å². The fourth-order valence-electron chi connectivity index (χ4n) is 3.57. The Balaban J connectivity index is 1.43. The van der Waals surface area contributed by atoms with Crippen molar-refractivity contribution in [2.45, 2.75) is 19.3 Å². The lowest BCUT2D eigenvalue weighted by Gasteiger charge is -2.37. The van der Waals surface area contributed by atoms with Crippen LogP contribution in [0.15, 0.2) is 24.3 Å². The lowest BCUT2D eigenvalue weighted by Crippen LogP contribution is -2.47. The molecule has 4 nitrogen and oxygen atoms in total. The lowest BCUT2D eigenvalue weighted by atomic mass is 9.94. The number of rotatable bonds is 5. The van der Waals surface area contributed by atoms with Crippen molar-refractivity contribution in [3.63, 3.8) is 0 Å². The molecular formula is C18H29N3O. The van der Waals surface area contributed by atoms with E-state index in [9.17, 15) is 0 Å². The van der Waals surface area contributed by atoms with E-state index in [0.29, 0.717) is 0 Å². The molecule has 2 aliphatic rings. The summed E-state index contributed by atoms with van der Waals surface area (Å²) in [6.07, 6.45) is 4.11. The second-order valence-corrected chi connectivity index (χ2v) is 6.51. The molecule has 4 heteroatoms. The van der Waals surface area contributed by atoms with Crippen LogP contribution >= 0.6 is 0 Å². The molecule has 2 heterocycles. The standard InChI is InChI=1S/C18H29N3O/c1-22-18-4-2-3-17(15-18)21-13-11-20(12-14-21)10-7-16-5-8-19-9-6-16/h2-4,15-16,19H,5-14H2,1H3. The molecule has 0 radical (unpaired) electrons. The highest BCUT2D eigenvalue weighted by molar-refractivity contribution is 5.51. The van der Waals surface area contributed by atoms with Gasteiger partial charge in [-0.3, -0.25) is 4.90 Å². The molecule has 1 aromatic carbocycles. The van der Waals surface area contributed by atoms with Gasteiger partial charge in [-0.15, -0.1) is 0 Å². The Labute approximate surface area is 134 Å². The maximum absolute atomic E-state index is 5.33. The molecule has 2 fully saturated rings. The Kier molecular flexibility index (Phi) is 5.57. The number of nitrogens with one attached hydrogen (secondary N) is 1. The zero-order valence-corrected chi connectivity index (χ0v) is 13.8. The van der Waals surface area contributed by atoms with Crippen molar-refractivity contribution < 1.29 is 4.74 Å².